The molecule has 0 radical (unpaired) electrons. The van der Waals surface area contributed by atoms with E-state index in [2.05, 4.69) is 48.2 Å². The molecule has 1 saturated carbocycles. The molecule has 27 heavy (non-hydrogen) atoms. The molecule has 2 bridgehead atoms. The van der Waals surface area contributed by atoms with Gasteiger partial charge in [0.15, 0.2) is 0 Å². The van der Waals surface area contributed by atoms with Crippen molar-refractivity contribution in [1.29, 1.82) is 0 Å². The summed E-state index contributed by atoms with van der Waals surface area (Å²) in [5, 5.41) is 10.0. The maximum atomic E-state index is 10.0. The van der Waals surface area contributed by atoms with Crippen molar-refractivity contribution in [1.82, 2.24) is 4.90 Å². The number of hydrogen-bond donors (Lipinski definition) is 2. The van der Waals surface area contributed by atoms with Crippen LogP contribution in [0.5, 0.6) is 5.75 Å². The van der Waals surface area contributed by atoms with Crippen LogP contribution in [0.3, 0.4) is 0 Å². The zero-order valence-corrected chi connectivity index (χ0v) is 16.3. The predicted octanol–water partition coefficient (Wildman–Crippen LogP) is 4.09. The minimum absolute atomic E-state index is 0.108. The zero-order chi connectivity index (χ0) is 18.9. The molecule has 1 aliphatic heterocycles. The average molecular weight is 365 g/mol. The Balaban J connectivity index is 1.48. The summed E-state index contributed by atoms with van der Waals surface area (Å²) in [6.45, 7) is 4.65. The summed E-state index contributed by atoms with van der Waals surface area (Å²) < 4.78 is 0. The van der Waals surface area contributed by atoms with Gasteiger partial charge in [0.2, 0.25) is 0 Å². The Kier molecular flexibility index (Phi) is 5.25. The van der Waals surface area contributed by atoms with Crippen LogP contribution in [0.4, 0.5) is 0 Å². The summed E-state index contributed by atoms with van der Waals surface area (Å²) in [6.07, 6.45) is 5.63. The topological polar surface area (TPSA) is 49.5 Å². The van der Waals surface area contributed by atoms with E-state index in [1.165, 1.54) is 17.5 Å². The van der Waals surface area contributed by atoms with E-state index < -0.39 is 0 Å². The lowest BCUT2D eigenvalue weighted by Crippen LogP contribution is -2.60. The lowest BCUT2D eigenvalue weighted by Gasteiger charge is -2.56. The second kappa shape index (κ2) is 7.65. The van der Waals surface area contributed by atoms with Crippen molar-refractivity contribution >= 4 is 0 Å². The number of benzene rings is 2. The van der Waals surface area contributed by atoms with Crippen molar-refractivity contribution in [2.75, 3.05) is 13.1 Å². The fraction of sp³-hybridized carbons (Fsp3) is 0.500. The molecule has 3 nitrogen and oxygen atoms in total. The number of nitrogens with zero attached hydrogens (tertiary/aromatic N) is 1. The van der Waals surface area contributed by atoms with Gasteiger partial charge in [-0.25, -0.2) is 0 Å². The first-order valence-corrected chi connectivity index (χ1v) is 10.4. The van der Waals surface area contributed by atoms with Gasteiger partial charge in [0.05, 0.1) is 0 Å². The maximum Gasteiger partial charge on any atom is 0.115 e. The number of phenolic OH excluding ortho intramolecular Hbond substituents is 1. The zero-order valence-electron chi connectivity index (χ0n) is 16.3. The van der Waals surface area contributed by atoms with Crippen molar-refractivity contribution in [2.45, 2.75) is 56.5 Å². The molecule has 0 unspecified atom stereocenters. The maximum absolute atomic E-state index is 10.0. The first-order chi connectivity index (χ1) is 13.1. The van der Waals surface area contributed by atoms with Crippen LogP contribution in [-0.4, -0.2) is 35.2 Å². The second-order valence-electron chi connectivity index (χ2n) is 8.75. The lowest BCUT2D eigenvalue weighted by molar-refractivity contribution is 0.00191. The largest absolute Gasteiger partial charge is 0.508 e. The quantitative estimate of drug-likeness (QED) is 0.840. The second-order valence-corrected chi connectivity index (χ2v) is 8.75. The highest BCUT2D eigenvalue weighted by Gasteiger charge is 2.50. The highest BCUT2D eigenvalue weighted by atomic mass is 16.3. The normalized spacial score (nSPS) is 31.0. The summed E-state index contributed by atoms with van der Waals surface area (Å²) in [7, 11) is 0. The van der Waals surface area contributed by atoms with Crippen molar-refractivity contribution < 1.29 is 5.11 Å². The van der Waals surface area contributed by atoms with E-state index in [0.717, 1.165) is 38.8 Å². The smallest absolute Gasteiger partial charge is 0.115 e. The fourth-order valence-corrected chi connectivity index (χ4v) is 5.58. The van der Waals surface area contributed by atoms with E-state index in [4.69, 9.17) is 5.73 Å². The number of likely N-dealkylation sites (tertiary alicyclic amines) is 1. The van der Waals surface area contributed by atoms with E-state index in [0.29, 0.717) is 17.7 Å². The molecule has 1 saturated heterocycles. The van der Waals surface area contributed by atoms with Crippen LogP contribution in [0.1, 0.15) is 43.7 Å². The van der Waals surface area contributed by atoms with Crippen LogP contribution in [0, 0.1) is 5.92 Å². The van der Waals surface area contributed by atoms with E-state index in [9.17, 15) is 5.11 Å². The summed E-state index contributed by atoms with van der Waals surface area (Å²) in [4.78, 5) is 2.69. The third-order valence-corrected chi connectivity index (χ3v) is 6.94. The SMILES string of the molecule is C[C@H]1CN(CCCc2ccccc2)[C@@H]2C[C@@H](N)C[C@@]1(c1cccc(O)c1)C2. The van der Waals surface area contributed by atoms with Gasteiger partial charge in [-0.05, 0) is 67.8 Å². The number of hydrogen-bond acceptors (Lipinski definition) is 3. The number of fused-ring (bicyclic) bond motifs is 2. The van der Waals surface area contributed by atoms with Crippen molar-refractivity contribution in [3.8, 4) is 5.75 Å². The fourth-order valence-electron chi connectivity index (χ4n) is 5.58. The number of aryl methyl sites for hydroxylation is 1. The highest BCUT2D eigenvalue weighted by molar-refractivity contribution is 5.36. The molecule has 0 aromatic heterocycles. The van der Waals surface area contributed by atoms with Gasteiger partial charge in [-0.15, -0.1) is 0 Å². The molecule has 4 atom stereocenters. The lowest BCUT2D eigenvalue weighted by atomic mass is 9.57. The molecule has 0 spiro atoms. The minimum Gasteiger partial charge on any atom is -0.508 e. The third kappa shape index (κ3) is 3.76. The van der Waals surface area contributed by atoms with E-state index in [1.807, 2.05) is 12.1 Å². The van der Waals surface area contributed by atoms with Crippen molar-refractivity contribution in [3.05, 3.63) is 65.7 Å². The van der Waals surface area contributed by atoms with Gasteiger partial charge < -0.3 is 10.8 Å². The monoisotopic (exact) mass is 364 g/mol. The average Bonchev–Trinajstić information content (AvgIpc) is 2.66. The number of rotatable bonds is 5. The number of nitrogens with two attached hydrogens (primary N) is 1. The van der Waals surface area contributed by atoms with Crippen LogP contribution in [0.15, 0.2) is 54.6 Å². The molecule has 2 aliphatic rings. The molecule has 2 aromatic carbocycles. The Morgan fingerprint density at radius 2 is 1.93 bits per heavy atom. The van der Waals surface area contributed by atoms with Crippen molar-refractivity contribution in [2.24, 2.45) is 11.7 Å². The first kappa shape index (κ1) is 18.5. The summed E-state index contributed by atoms with van der Waals surface area (Å²) >= 11 is 0. The molecule has 4 rings (SSSR count). The molecule has 2 fully saturated rings. The van der Waals surface area contributed by atoms with Crippen LogP contribution in [0.25, 0.3) is 0 Å². The Morgan fingerprint density at radius 3 is 2.70 bits per heavy atom. The number of piperidine rings is 1. The standard InChI is InChI=1S/C24H32N2O/c1-18-17-26(12-6-9-19-7-3-2-4-8-19)22-14-21(25)15-24(18,16-22)20-10-5-11-23(27)13-20/h2-5,7-8,10-11,13,18,21-22,27H,6,9,12,14-17,25H2,1H3/t18-,21+,22+,24+/m0/s1. The Morgan fingerprint density at radius 1 is 1.11 bits per heavy atom. The number of aromatic hydroxyl groups is 1. The van der Waals surface area contributed by atoms with Crippen molar-refractivity contribution in [3.63, 3.8) is 0 Å². The summed E-state index contributed by atoms with van der Waals surface area (Å²) in [6, 6.07) is 19.5. The minimum atomic E-state index is 0.108. The van der Waals surface area contributed by atoms with Gasteiger partial charge >= 0.3 is 0 Å². The van der Waals surface area contributed by atoms with Crippen LogP contribution < -0.4 is 5.73 Å². The van der Waals surface area contributed by atoms with Gasteiger partial charge in [-0.2, -0.15) is 0 Å². The molecular weight excluding hydrogens is 332 g/mol. The molecule has 3 heteroatoms. The first-order valence-electron chi connectivity index (χ1n) is 10.4. The van der Waals surface area contributed by atoms with Gasteiger partial charge in [-0.1, -0.05) is 49.4 Å². The van der Waals surface area contributed by atoms with Gasteiger partial charge in [0.25, 0.3) is 0 Å². The van der Waals surface area contributed by atoms with Gasteiger partial charge in [-0.3, -0.25) is 4.90 Å². The molecule has 1 aliphatic carbocycles. The molecule has 0 amide bonds. The van der Waals surface area contributed by atoms with Gasteiger partial charge in [0, 0.05) is 24.0 Å². The molecular formula is C24H32N2O. The summed E-state index contributed by atoms with van der Waals surface area (Å²) in [5.74, 6) is 0.911. The molecule has 3 N–H and O–H groups in total. The van der Waals surface area contributed by atoms with E-state index in [-0.39, 0.29) is 11.5 Å². The molecule has 144 valence electrons. The Bertz CT molecular complexity index is 762. The molecule has 2 aromatic rings. The molecule has 1 heterocycles. The third-order valence-electron chi connectivity index (χ3n) is 6.94. The van der Waals surface area contributed by atoms with Gasteiger partial charge in [0.1, 0.15) is 5.75 Å². The van der Waals surface area contributed by atoms with Crippen LogP contribution in [-0.2, 0) is 11.8 Å². The Labute approximate surface area is 163 Å². The van der Waals surface area contributed by atoms with E-state index >= 15 is 0 Å². The predicted molar refractivity (Wildman–Crippen MR) is 111 cm³/mol. The number of phenols is 1. The summed E-state index contributed by atoms with van der Waals surface area (Å²) in [5.41, 5.74) is 9.35. The highest BCUT2D eigenvalue weighted by Crippen LogP contribution is 2.50. The Hall–Kier alpha value is -1.84. The van der Waals surface area contributed by atoms with Crippen LogP contribution in [0.2, 0.25) is 0 Å². The van der Waals surface area contributed by atoms with E-state index in [1.54, 1.807) is 6.07 Å². The van der Waals surface area contributed by atoms with Crippen LogP contribution >= 0.6 is 0 Å².